The minimum absolute atomic E-state index is 0.0438. The third kappa shape index (κ3) is 2.09. The Morgan fingerprint density at radius 1 is 1.47 bits per heavy atom. The van der Waals surface area contributed by atoms with E-state index in [-0.39, 0.29) is 12.1 Å². The minimum atomic E-state index is 0.0438. The average molecular weight is 327 g/mol. The fourth-order valence-corrected chi connectivity index (χ4v) is 3.21. The molecule has 8 heteroatoms. The van der Waals surface area contributed by atoms with Crippen LogP contribution in [0.25, 0.3) is 0 Å². The van der Waals surface area contributed by atoms with Crippen LogP contribution in [0.4, 0.5) is 16.4 Å². The second-order valence-corrected chi connectivity index (χ2v) is 5.38. The highest BCUT2D eigenvalue weighted by Crippen LogP contribution is 2.30. The Labute approximate surface area is 119 Å². The lowest BCUT2D eigenvalue weighted by molar-refractivity contribution is 0.197. The molecule has 2 saturated heterocycles. The number of piperazine rings is 1. The highest BCUT2D eigenvalue weighted by Gasteiger charge is 2.36. The molecule has 1 aromatic heterocycles. The Balaban J connectivity index is 1.83. The van der Waals surface area contributed by atoms with Crippen molar-refractivity contribution >= 4 is 33.6 Å². The number of carbonyl (C=O) groups is 1. The molecule has 19 heavy (non-hydrogen) atoms. The summed E-state index contributed by atoms with van der Waals surface area (Å²) >= 11 is 3.54. The zero-order valence-corrected chi connectivity index (χ0v) is 12.1. The molecule has 1 atom stereocenters. The van der Waals surface area contributed by atoms with E-state index in [1.807, 2.05) is 11.9 Å². The molecule has 0 aromatic carbocycles. The van der Waals surface area contributed by atoms with Crippen LogP contribution < -0.4 is 15.5 Å². The molecule has 0 saturated carbocycles. The van der Waals surface area contributed by atoms with E-state index < -0.39 is 0 Å². The van der Waals surface area contributed by atoms with Crippen molar-refractivity contribution in [3.8, 4) is 0 Å². The van der Waals surface area contributed by atoms with Gasteiger partial charge in [0.25, 0.3) is 0 Å². The maximum absolute atomic E-state index is 11.6. The number of nitrogens with zero attached hydrogens (tertiary/aromatic N) is 4. The zero-order valence-electron chi connectivity index (χ0n) is 10.6. The minimum Gasteiger partial charge on any atom is -0.372 e. The highest BCUT2D eigenvalue weighted by molar-refractivity contribution is 9.10. The van der Waals surface area contributed by atoms with Crippen LogP contribution in [0.2, 0.25) is 0 Å². The van der Waals surface area contributed by atoms with Gasteiger partial charge in [0.1, 0.15) is 22.4 Å². The molecule has 3 heterocycles. The van der Waals surface area contributed by atoms with Crippen molar-refractivity contribution in [2.45, 2.75) is 6.04 Å². The molecule has 7 nitrogen and oxygen atoms in total. The summed E-state index contributed by atoms with van der Waals surface area (Å²) in [6, 6.07) is 0.267. The largest absolute Gasteiger partial charge is 0.372 e. The average Bonchev–Trinajstić information content (AvgIpc) is 2.80. The van der Waals surface area contributed by atoms with E-state index in [2.05, 4.69) is 41.4 Å². The molecule has 0 radical (unpaired) electrons. The molecular weight excluding hydrogens is 312 g/mol. The van der Waals surface area contributed by atoms with E-state index in [9.17, 15) is 4.79 Å². The lowest BCUT2D eigenvalue weighted by Gasteiger charge is -2.37. The van der Waals surface area contributed by atoms with Crippen molar-refractivity contribution in [1.82, 2.24) is 20.2 Å². The number of fused-ring (bicyclic) bond motifs is 1. The quantitative estimate of drug-likeness (QED) is 0.827. The first-order valence-corrected chi connectivity index (χ1v) is 6.97. The molecule has 2 aliphatic rings. The Morgan fingerprint density at radius 3 is 3.11 bits per heavy atom. The molecule has 102 valence electrons. The van der Waals surface area contributed by atoms with E-state index in [1.165, 1.54) is 0 Å². The van der Waals surface area contributed by atoms with E-state index in [0.717, 1.165) is 35.7 Å². The van der Waals surface area contributed by atoms with Crippen LogP contribution >= 0.6 is 15.9 Å². The third-order valence-corrected chi connectivity index (χ3v) is 4.27. The van der Waals surface area contributed by atoms with Gasteiger partial charge in [-0.1, -0.05) is 0 Å². The number of aromatic nitrogens is 2. The molecule has 2 N–H and O–H groups in total. The van der Waals surface area contributed by atoms with Crippen LogP contribution in [0.15, 0.2) is 10.8 Å². The molecular formula is C11H15BrN6O. The van der Waals surface area contributed by atoms with Gasteiger partial charge < -0.3 is 20.4 Å². The van der Waals surface area contributed by atoms with Crippen LogP contribution in [-0.2, 0) is 0 Å². The summed E-state index contributed by atoms with van der Waals surface area (Å²) in [6.07, 6.45) is 1.55. The number of urea groups is 1. The van der Waals surface area contributed by atoms with Gasteiger partial charge in [-0.2, -0.15) is 0 Å². The summed E-state index contributed by atoms with van der Waals surface area (Å²) in [4.78, 5) is 24.2. The second kappa shape index (κ2) is 4.84. The number of anilines is 2. The molecule has 2 aliphatic heterocycles. The second-order valence-electron chi connectivity index (χ2n) is 4.59. The Hall–Kier alpha value is -1.57. The van der Waals surface area contributed by atoms with Gasteiger partial charge >= 0.3 is 6.03 Å². The van der Waals surface area contributed by atoms with Crippen molar-refractivity contribution in [1.29, 1.82) is 0 Å². The monoisotopic (exact) mass is 326 g/mol. The summed E-state index contributed by atoms with van der Waals surface area (Å²) in [5, 5.41) is 5.90. The number of amides is 2. The van der Waals surface area contributed by atoms with Gasteiger partial charge in [-0.3, -0.25) is 0 Å². The lowest BCUT2D eigenvalue weighted by Crippen LogP contribution is -2.52. The van der Waals surface area contributed by atoms with Gasteiger partial charge in [-0.15, -0.1) is 0 Å². The highest BCUT2D eigenvalue weighted by atomic mass is 79.9. The first kappa shape index (κ1) is 12.5. The van der Waals surface area contributed by atoms with Crippen LogP contribution in [0, 0.1) is 0 Å². The molecule has 1 aromatic rings. The van der Waals surface area contributed by atoms with E-state index >= 15 is 0 Å². The summed E-state index contributed by atoms with van der Waals surface area (Å²) in [7, 11) is 1.83. The van der Waals surface area contributed by atoms with E-state index in [0.29, 0.717) is 6.54 Å². The number of hydrogen-bond acceptors (Lipinski definition) is 5. The molecule has 3 rings (SSSR count). The van der Waals surface area contributed by atoms with Crippen molar-refractivity contribution in [3.63, 3.8) is 0 Å². The van der Waals surface area contributed by atoms with Crippen LogP contribution in [-0.4, -0.2) is 60.2 Å². The van der Waals surface area contributed by atoms with Crippen molar-refractivity contribution < 1.29 is 4.79 Å². The number of hydrogen-bond donors (Lipinski definition) is 2. The zero-order chi connectivity index (χ0) is 13.4. The first-order valence-electron chi connectivity index (χ1n) is 6.18. The summed E-state index contributed by atoms with van der Waals surface area (Å²) in [5.41, 5.74) is 0. The predicted molar refractivity (Wildman–Crippen MR) is 75.4 cm³/mol. The smallest absolute Gasteiger partial charge is 0.317 e. The van der Waals surface area contributed by atoms with Gasteiger partial charge in [0.05, 0.1) is 6.04 Å². The number of halogens is 1. The Morgan fingerprint density at radius 2 is 2.32 bits per heavy atom. The molecule has 0 bridgehead atoms. The topological polar surface area (TPSA) is 73.4 Å². The summed E-state index contributed by atoms with van der Waals surface area (Å²) in [6.45, 7) is 3.00. The Kier molecular flexibility index (Phi) is 3.17. The van der Waals surface area contributed by atoms with Gasteiger partial charge in [0.2, 0.25) is 0 Å². The summed E-state index contributed by atoms with van der Waals surface area (Å²) in [5.74, 6) is 1.64. The molecule has 0 spiro atoms. The lowest BCUT2D eigenvalue weighted by atomic mass is 10.2. The van der Waals surface area contributed by atoms with Crippen LogP contribution in [0.3, 0.4) is 0 Å². The van der Waals surface area contributed by atoms with Crippen LogP contribution in [0.5, 0.6) is 0 Å². The van der Waals surface area contributed by atoms with Gasteiger partial charge in [-0.25, -0.2) is 14.8 Å². The van der Waals surface area contributed by atoms with Crippen molar-refractivity contribution in [2.75, 3.05) is 43.4 Å². The first-order chi connectivity index (χ1) is 9.20. The van der Waals surface area contributed by atoms with Gasteiger partial charge in [0, 0.05) is 33.2 Å². The number of carbonyl (C=O) groups excluding carboxylic acids is 1. The van der Waals surface area contributed by atoms with Crippen molar-refractivity contribution in [3.05, 3.63) is 10.8 Å². The third-order valence-electron chi connectivity index (χ3n) is 3.54. The predicted octanol–water partition coefficient (Wildman–Crippen LogP) is 0.495. The number of rotatable bonds is 2. The maximum Gasteiger partial charge on any atom is 0.317 e. The number of nitrogens with one attached hydrogen (secondary N) is 2. The molecule has 2 fully saturated rings. The van der Waals surface area contributed by atoms with Crippen molar-refractivity contribution in [2.24, 2.45) is 0 Å². The molecule has 1 unspecified atom stereocenters. The van der Waals surface area contributed by atoms with E-state index in [4.69, 9.17) is 0 Å². The van der Waals surface area contributed by atoms with Gasteiger partial charge in [0.15, 0.2) is 0 Å². The Bertz CT molecular complexity index is 510. The SMILES string of the molecule is CNc1ncnc(N2CCN3C(=O)NCC3C2)c1Br. The van der Waals surface area contributed by atoms with Gasteiger partial charge in [-0.05, 0) is 15.9 Å². The van der Waals surface area contributed by atoms with E-state index in [1.54, 1.807) is 6.33 Å². The standard InChI is InChI=1S/C11H15BrN6O/c1-13-9-8(12)10(16-6-15-9)17-2-3-18-7(5-17)4-14-11(18)19/h6-7H,2-5H2,1H3,(H,14,19)(H,13,15,16). The normalized spacial score (nSPS) is 22.2. The fraction of sp³-hybridized carbons (Fsp3) is 0.545. The molecule has 0 aliphatic carbocycles. The summed E-state index contributed by atoms with van der Waals surface area (Å²) < 4.78 is 0.864. The molecule has 2 amide bonds. The maximum atomic E-state index is 11.6. The fourth-order valence-electron chi connectivity index (χ4n) is 2.55. The van der Waals surface area contributed by atoms with Crippen LogP contribution in [0.1, 0.15) is 0 Å².